The average molecular weight is 290 g/mol. The molecule has 0 aromatic carbocycles. The van der Waals surface area contributed by atoms with Gasteiger partial charge in [0.1, 0.15) is 10.6 Å². The van der Waals surface area contributed by atoms with Gasteiger partial charge < -0.3 is 10.6 Å². The van der Waals surface area contributed by atoms with Crippen LogP contribution in [-0.2, 0) is 0 Å². The van der Waals surface area contributed by atoms with Crippen molar-refractivity contribution in [1.82, 2.24) is 9.97 Å². The van der Waals surface area contributed by atoms with Crippen molar-refractivity contribution in [3.63, 3.8) is 0 Å². The third-order valence-corrected chi connectivity index (χ3v) is 5.18. The third-order valence-electron chi connectivity index (χ3n) is 4.23. The SMILES string of the molecule is CNc1nc(NCC2(C)CCCC2)c2cc(C)sc2n1. The van der Waals surface area contributed by atoms with Crippen LogP contribution in [0.3, 0.4) is 0 Å². The van der Waals surface area contributed by atoms with Crippen molar-refractivity contribution in [2.75, 3.05) is 24.2 Å². The fourth-order valence-corrected chi connectivity index (χ4v) is 3.87. The van der Waals surface area contributed by atoms with Gasteiger partial charge >= 0.3 is 0 Å². The molecule has 1 aliphatic carbocycles. The maximum Gasteiger partial charge on any atom is 0.225 e. The van der Waals surface area contributed by atoms with Gasteiger partial charge in [0.25, 0.3) is 0 Å². The number of nitrogens with one attached hydrogen (secondary N) is 2. The van der Waals surface area contributed by atoms with Crippen LogP contribution in [0, 0.1) is 12.3 Å². The highest BCUT2D eigenvalue weighted by molar-refractivity contribution is 7.18. The molecule has 3 rings (SSSR count). The second-order valence-electron chi connectivity index (χ2n) is 6.09. The van der Waals surface area contributed by atoms with Crippen molar-refractivity contribution in [3.05, 3.63) is 10.9 Å². The van der Waals surface area contributed by atoms with Gasteiger partial charge in [-0.05, 0) is 31.2 Å². The Hall–Kier alpha value is -1.36. The highest BCUT2D eigenvalue weighted by Crippen LogP contribution is 2.38. The number of nitrogens with zero attached hydrogens (tertiary/aromatic N) is 2. The lowest BCUT2D eigenvalue weighted by Gasteiger charge is -2.24. The number of hydrogen-bond acceptors (Lipinski definition) is 5. The van der Waals surface area contributed by atoms with E-state index in [1.165, 1.54) is 30.6 Å². The second-order valence-corrected chi connectivity index (χ2v) is 7.33. The highest BCUT2D eigenvalue weighted by Gasteiger charge is 2.28. The fraction of sp³-hybridized carbons (Fsp3) is 0.600. The van der Waals surface area contributed by atoms with Crippen LogP contribution in [0.15, 0.2) is 6.07 Å². The van der Waals surface area contributed by atoms with E-state index in [2.05, 4.69) is 40.5 Å². The first-order chi connectivity index (χ1) is 9.59. The fourth-order valence-electron chi connectivity index (χ4n) is 2.99. The van der Waals surface area contributed by atoms with Crippen LogP contribution in [0.4, 0.5) is 11.8 Å². The van der Waals surface area contributed by atoms with Gasteiger partial charge in [0.15, 0.2) is 0 Å². The Morgan fingerprint density at radius 2 is 2.05 bits per heavy atom. The van der Waals surface area contributed by atoms with Gasteiger partial charge in [0, 0.05) is 18.5 Å². The molecule has 2 N–H and O–H groups in total. The highest BCUT2D eigenvalue weighted by atomic mass is 32.1. The minimum Gasteiger partial charge on any atom is -0.369 e. The Kier molecular flexibility index (Phi) is 3.54. The number of aromatic nitrogens is 2. The van der Waals surface area contributed by atoms with E-state index in [1.54, 1.807) is 11.3 Å². The first-order valence-electron chi connectivity index (χ1n) is 7.29. The van der Waals surface area contributed by atoms with Crippen molar-refractivity contribution in [2.45, 2.75) is 39.5 Å². The van der Waals surface area contributed by atoms with E-state index in [-0.39, 0.29) is 0 Å². The van der Waals surface area contributed by atoms with E-state index in [0.717, 1.165) is 22.6 Å². The number of hydrogen-bond donors (Lipinski definition) is 2. The number of aryl methyl sites for hydroxylation is 1. The van der Waals surface area contributed by atoms with Gasteiger partial charge in [0.2, 0.25) is 5.95 Å². The molecule has 0 unspecified atom stereocenters. The molecule has 0 bridgehead atoms. The molecule has 0 aliphatic heterocycles. The van der Waals surface area contributed by atoms with Crippen molar-refractivity contribution in [2.24, 2.45) is 5.41 Å². The van der Waals surface area contributed by atoms with Crippen LogP contribution in [0.5, 0.6) is 0 Å². The maximum atomic E-state index is 4.60. The van der Waals surface area contributed by atoms with E-state index < -0.39 is 0 Å². The van der Waals surface area contributed by atoms with Crippen LogP contribution < -0.4 is 10.6 Å². The second kappa shape index (κ2) is 5.20. The quantitative estimate of drug-likeness (QED) is 0.892. The molecule has 0 spiro atoms. The molecular formula is C15H22N4S. The van der Waals surface area contributed by atoms with Gasteiger partial charge in [-0.2, -0.15) is 4.98 Å². The molecule has 5 heteroatoms. The predicted molar refractivity (Wildman–Crippen MR) is 86.8 cm³/mol. The lowest BCUT2D eigenvalue weighted by atomic mass is 9.89. The van der Waals surface area contributed by atoms with Gasteiger partial charge in [-0.3, -0.25) is 0 Å². The summed E-state index contributed by atoms with van der Waals surface area (Å²) in [7, 11) is 1.86. The Bertz CT molecular complexity index is 614. The van der Waals surface area contributed by atoms with Crippen molar-refractivity contribution >= 4 is 33.3 Å². The molecule has 0 radical (unpaired) electrons. The van der Waals surface area contributed by atoms with Gasteiger partial charge in [0.05, 0.1) is 5.39 Å². The molecular weight excluding hydrogens is 268 g/mol. The first-order valence-corrected chi connectivity index (χ1v) is 8.11. The Morgan fingerprint density at radius 3 is 2.75 bits per heavy atom. The Labute approximate surface area is 124 Å². The minimum absolute atomic E-state index is 0.419. The summed E-state index contributed by atoms with van der Waals surface area (Å²) in [5, 5.41) is 7.77. The van der Waals surface area contributed by atoms with Gasteiger partial charge in [-0.15, -0.1) is 11.3 Å². The normalized spacial score (nSPS) is 17.6. The molecule has 108 valence electrons. The van der Waals surface area contributed by atoms with Crippen molar-refractivity contribution < 1.29 is 0 Å². The average Bonchev–Trinajstić information content (AvgIpc) is 3.01. The third kappa shape index (κ3) is 2.59. The maximum absolute atomic E-state index is 4.60. The number of anilines is 2. The largest absolute Gasteiger partial charge is 0.369 e. The molecule has 20 heavy (non-hydrogen) atoms. The Balaban J connectivity index is 1.89. The first kappa shape index (κ1) is 13.6. The number of fused-ring (bicyclic) bond motifs is 1. The van der Waals surface area contributed by atoms with E-state index in [0.29, 0.717) is 11.4 Å². The molecule has 2 heterocycles. The lowest BCUT2D eigenvalue weighted by molar-refractivity contribution is 0.362. The van der Waals surface area contributed by atoms with Crippen LogP contribution in [0.25, 0.3) is 10.2 Å². The Morgan fingerprint density at radius 1 is 1.30 bits per heavy atom. The summed E-state index contributed by atoms with van der Waals surface area (Å²) in [6, 6.07) is 2.18. The van der Waals surface area contributed by atoms with Gasteiger partial charge in [-0.1, -0.05) is 19.8 Å². The summed E-state index contributed by atoms with van der Waals surface area (Å²) in [6.45, 7) is 5.49. The monoisotopic (exact) mass is 290 g/mol. The molecule has 0 amide bonds. The summed E-state index contributed by atoms with van der Waals surface area (Å²) in [5.41, 5.74) is 0.419. The van der Waals surface area contributed by atoms with E-state index in [1.807, 2.05) is 7.05 Å². The summed E-state index contributed by atoms with van der Waals surface area (Å²) >= 11 is 1.72. The van der Waals surface area contributed by atoms with Crippen LogP contribution >= 0.6 is 11.3 Å². The van der Waals surface area contributed by atoms with E-state index in [9.17, 15) is 0 Å². The molecule has 4 nitrogen and oxygen atoms in total. The lowest BCUT2D eigenvalue weighted by Crippen LogP contribution is -2.23. The topological polar surface area (TPSA) is 49.8 Å². The van der Waals surface area contributed by atoms with E-state index in [4.69, 9.17) is 0 Å². The predicted octanol–water partition coefficient (Wildman–Crippen LogP) is 4.03. The summed E-state index contributed by atoms with van der Waals surface area (Å²) in [6.07, 6.45) is 5.35. The minimum atomic E-state index is 0.419. The molecule has 1 fully saturated rings. The van der Waals surface area contributed by atoms with Crippen molar-refractivity contribution in [3.8, 4) is 0 Å². The zero-order valence-corrected chi connectivity index (χ0v) is 13.2. The smallest absolute Gasteiger partial charge is 0.225 e. The van der Waals surface area contributed by atoms with Crippen molar-refractivity contribution in [1.29, 1.82) is 0 Å². The van der Waals surface area contributed by atoms with Crippen LogP contribution in [0.1, 0.15) is 37.5 Å². The zero-order chi connectivity index (χ0) is 14.2. The molecule has 2 aromatic heterocycles. The van der Waals surface area contributed by atoms with E-state index >= 15 is 0 Å². The van der Waals surface area contributed by atoms with Gasteiger partial charge in [-0.25, -0.2) is 4.98 Å². The van der Waals surface area contributed by atoms with Crippen LogP contribution in [-0.4, -0.2) is 23.6 Å². The molecule has 0 saturated heterocycles. The molecule has 0 atom stereocenters. The number of thiophene rings is 1. The summed E-state index contributed by atoms with van der Waals surface area (Å²) < 4.78 is 0. The number of rotatable bonds is 4. The zero-order valence-electron chi connectivity index (χ0n) is 12.4. The molecule has 1 saturated carbocycles. The summed E-state index contributed by atoms with van der Waals surface area (Å²) in [5.74, 6) is 1.66. The summed E-state index contributed by atoms with van der Waals surface area (Å²) in [4.78, 5) is 11.5. The van der Waals surface area contributed by atoms with Crippen LogP contribution in [0.2, 0.25) is 0 Å². The molecule has 1 aliphatic rings. The standard InChI is InChI=1S/C15H22N4S/c1-10-8-11-12(17-9-15(2)6-4-5-7-15)18-14(16-3)19-13(11)20-10/h8H,4-7,9H2,1-3H3,(H2,16,17,18,19). The molecule has 2 aromatic rings.